The number of nitrogens with two attached hydrogens (primary N) is 2. The molecule has 1 aromatic rings. The maximum Gasteiger partial charge on any atom is 0.332 e. The third kappa shape index (κ3) is 3.42. The molecule has 0 atom stereocenters. The molecular weight excluding hydrogens is 290 g/mol. The van der Waals surface area contributed by atoms with Crippen LogP contribution in [0.15, 0.2) is 9.59 Å². The van der Waals surface area contributed by atoms with E-state index >= 15 is 0 Å². The van der Waals surface area contributed by atoms with E-state index in [2.05, 4.69) is 0 Å². The van der Waals surface area contributed by atoms with Gasteiger partial charge in [0, 0.05) is 20.1 Å². The molecule has 0 aromatic carbocycles. The molecule has 0 saturated carbocycles. The van der Waals surface area contributed by atoms with Gasteiger partial charge in [-0.2, -0.15) is 0 Å². The summed E-state index contributed by atoms with van der Waals surface area (Å²) in [6.45, 7) is 3.27. The molecule has 0 radical (unpaired) electrons. The van der Waals surface area contributed by atoms with Crippen LogP contribution < -0.4 is 22.7 Å². The van der Waals surface area contributed by atoms with Gasteiger partial charge in [-0.05, 0) is 13.8 Å². The first-order valence-corrected chi connectivity index (χ1v) is 6.69. The number of primary amides is 1. The molecule has 22 heavy (non-hydrogen) atoms. The average molecular weight is 311 g/mol. The molecule has 1 rings (SSSR count). The van der Waals surface area contributed by atoms with Crippen molar-refractivity contribution in [2.24, 2.45) is 19.8 Å². The summed E-state index contributed by atoms with van der Waals surface area (Å²) in [6.07, 6.45) is 0. The highest BCUT2D eigenvalue weighted by Gasteiger charge is 2.23. The van der Waals surface area contributed by atoms with Gasteiger partial charge in [0.15, 0.2) is 5.78 Å². The zero-order chi connectivity index (χ0) is 17.2. The number of Topliss-reactive ketones (excluding diaryl/α,β-unsaturated/α-hetero) is 1. The van der Waals surface area contributed by atoms with Crippen LogP contribution in [-0.4, -0.2) is 44.9 Å². The zero-order valence-corrected chi connectivity index (χ0v) is 13.1. The Morgan fingerprint density at radius 3 is 2.14 bits per heavy atom. The zero-order valence-electron chi connectivity index (χ0n) is 13.1. The van der Waals surface area contributed by atoms with E-state index in [0.29, 0.717) is 0 Å². The Balaban J connectivity index is 3.27. The first kappa shape index (κ1) is 17.6. The molecule has 9 heteroatoms. The van der Waals surface area contributed by atoms with Crippen LogP contribution in [0.3, 0.4) is 0 Å². The van der Waals surface area contributed by atoms with Crippen molar-refractivity contribution >= 4 is 17.5 Å². The summed E-state index contributed by atoms with van der Waals surface area (Å²) in [5, 5.41) is 0. The minimum atomic E-state index is -0.756. The fourth-order valence-electron chi connectivity index (χ4n) is 2.01. The summed E-state index contributed by atoms with van der Waals surface area (Å²) < 4.78 is 1.85. The van der Waals surface area contributed by atoms with Crippen LogP contribution in [0.5, 0.6) is 0 Å². The van der Waals surface area contributed by atoms with Crippen LogP contribution >= 0.6 is 0 Å². The van der Waals surface area contributed by atoms with Crippen molar-refractivity contribution < 1.29 is 9.59 Å². The minimum Gasteiger partial charge on any atom is -0.384 e. The molecule has 0 unspecified atom stereocenters. The molecule has 0 aliphatic carbocycles. The van der Waals surface area contributed by atoms with Gasteiger partial charge in [0.25, 0.3) is 5.56 Å². The highest BCUT2D eigenvalue weighted by Crippen LogP contribution is 2.07. The number of hydrogen-bond donors (Lipinski definition) is 2. The van der Waals surface area contributed by atoms with Crippen molar-refractivity contribution in [2.45, 2.75) is 19.9 Å². The van der Waals surface area contributed by atoms with Gasteiger partial charge in [-0.15, -0.1) is 0 Å². The fraction of sp³-hybridized carbons (Fsp3) is 0.538. The van der Waals surface area contributed by atoms with Gasteiger partial charge in [0.1, 0.15) is 11.4 Å². The summed E-state index contributed by atoms with van der Waals surface area (Å²) in [6, 6.07) is -0.131. The molecule has 1 amide bonds. The lowest BCUT2D eigenvalue weighted by molar-refractivity contribution is -0.119. The Kier molecular flexibility index (Phi) is 5.26. The number of nitrogens with zero attached hydrogens (tertiary/aromatic N) is 3. The topological polar surface area (TPSA) is 133 Å². The number of hydrogen-bond acceptors (Lipinski definition) is 6. The van der Waals surface area contributed by atoms with Crippen LogP contribution in [-0.2, 0) is 18.9 Å². The highest BCUT2D eigenvalue weighted by molar-refractivity contribution is 6.01. The van der Waals surface area contributed by atoms with E-state index in [1.807, 2.05) is 0 Å². The van der Waals surface area contributed by atoms with E-state index in [1.165, 1.54) is 19.0 Å². The fourth-order valence-corrected chi connectivity index (χ4v) is 2.01. The van der Waals surface area contributed by atoms with Crippen molar-refractivity contribution in [3.8, 4) is 0 Å². The van der Waals surface area contributed by atoms with E-state index in [1.54, 1.807) is 13.8 Å². The van der Waals surface area contributed by atoms with Crippen LogP contribution in [0.1, 0.15) is 24.2 Å². The summed E-state index contributed by atoms with van der Waals surface area (Å²) in [7, 11) is 2.64. The van der Waals surface area contributed by atoms with Gasteiger partial charge in [-0.1, -0.05) is 0 Å². The van der Waals surface area contributed by atoms with Gasteiger partial charge in [-0.25, -0.2) is 4.79 Å². The van der Waals surface area contributed by atoms with E-state index in [9.17, 15) is 19.2 Å². The lowest BCUT2D eigenvalue weighted by Crippen LogP contribution is -2.45. The van der Waals surface area contributed by atoms with Crippen molar-refractivity contribution in [1.82, 2.24) is 14.0 Å². The van der Waals surface area contributed by atoms with Crippen molar-refractivity contribution in [2.75, 3.05) is 18.8 Å². The Bertz CT molecular complexity index is 716. The number of nitrogen functional groups attached to an aromatic ring is 1. The van der Waals surface area contributed by atoms with Gasteiger partial charge in [-0.3, -0.25) is 28.4 Å². The molecular formula is C13H21N5O4. The molecule has 0 aliphatic heterocycles. The first-order valence-electron chi connectivity index (χ1n) is 6.69. The summed E-state index contributed by atoms with van der Waals surface area (Å²) in [4.78, 5) is 48.8. The molecule has 0 aliphatic rings. The Labute approximate surface area is 127 Å². The molecule has 4 N–H and O–H groups in total. The number of aromatic nitrogens is 2. The second-order valence-corrected chi connectivity index (χ2v) is 5.35. The number of anilines is 1. The molecule has 0 spiro atoms. The Morgan fingerprint density at radius 2 is 1.68 bits per heavy atom. The van der Waals surface area contributed by atoms with Crippen LogP contribution in [0.4, 0.5) is 5.82 Å². The first-order chi connectivity index (χ1) is 10.1. The monoisotopic (exact) mass is 311 g/mol. The third-order valence-electron chi connectivity index (χ3n) is 3.42. The molecule has 1 aromatic heterocycles. The van der Waals surface area contributed by atoms with Crippen LogP contribution in [0.2, 0.25) is 0 Å². The van der Waals surface area contributed by atoms with Gasteiger partial charge in [0.05, 0.1) is 13.1 Å². The molecule has 0 fully saturated rings. The second kappa shape index (κ2) is 6.56. The number of amides is 1. The van der Waals surface area contributed by atoms with E-state index in [-0.39, 0.29) is 30.5 Å². The minimum absolute atomic E-state index is 0.116. The largest absolute Gasteiger partial charge is 0.384 e. The standard InChI is InChI=1S/C13H21N5O4/c1-7(2)18(6-9(14)20)5-8(19)10-11(15)16(3)13(22)17(4)12(10)21/h7H,5-6,15H2,1-4H3,(H2,14,20). The van der Waals surface area contributed by atoms with Gasteiger partial charge >= 0.3 is 5.69 Å². The highest BCUT2D eigenvalue weighted by atomic mass is 16.2. The van der Waals surface area contributed by atoms with E-state index < -0.39 is 22.9 Å². The SMILES string of the molecule is CC(C)N(CC(N)=O)CC(=O)c1c(N)n(C)c(=O)n(C)c1=O. The van der Waals surface area contributed by atoms with Crippen molar-refractivity contribution in [3.63, 3.8) is 0 Å². The van der Waals surface area contributed by atoms with Gasteiger partial charge in [0.2, 0.25) is 5.91 Å². The lowest BCUT2D eigenvalue weighted by atomic mass is 10.1. The van der Waals surface area contributed by atoms with E-state index in [0.717, 1.165) is 9.13 Å². The normalized spacial score (nSPS) is 11.2. The summed E-state index contributed by atoms with van der Waals surface area (Å²) >= 11 is 0. The van der Waals surface area contributed by atoms with Crippen molar-refractivity contribution in [3.05, 3.63) is 26.4 Å². The van der Waals surface area contributed by atoms with Crippen molar-refractivity contribution in [1.29, 1.82) is 0 Å². The molecule has 122 valence electrons. The number of carbonyl (C=O) groups is 2. The second-order valence-electron chi connectivity index (χ2n) is 5.35. The summed E-state index contributed by atoms with van der Waals surface area (Å²) in [5.41, 5.74) is 9.24. The maximum absolute atomic E-state index is 12.4. The van der Waals surface area contributed by atoms with E-state index in [4.69, 9.17) is 11.5 Å². The van der Waals surface area contributed by atoms with Crippen LogP contribution in [0.25, 0.3) is 0 Å². The Hall–Kier alpha value is -2.42. The predicted molar refractivity (Wildman–Crippen MR) is 81.6 cm³/mol. The molecule has 0 bridgehead atoms. The number of rotatable bonds is 6. The number of carbonyl (C=O) groups excluding carboxylic acids is 2. The quantitative estimate of drug-likeness (QED) is 0.586. The summed E-state index contributed by atoms with van der Waals surface area (Å²) in [5.74, 6) is -1.34. The Morgan fingerprint density at radius 1 is 1.14 bits per heavy atom. The predicted octanol–water partition coefficient (Wildman–Crippen LogP) is -1.96. The average Bonchev–Trinajstić information content (AvgIpc) is 2.42. The van der Waals surface area contributed by atoms with Crippen LogP contribution in [0, 0.1) is 0 Å². The number of ketones is 1. The molecule has 0 saturated heterocycles. The third-order valence-corrected chi connectivity index (χ3v) is 3.42. The molecule has 1 heterocycles. The van der Waals surface area contributed by atoms with Gasteiger partial charge < -0.3 is 11.5 Å². The lowest BCUT2D eigenvalue weighted by Gasteiger charge is -2.24. The maximum atomic E-state index is 12.4. The molecule has 9 nitrogen and oxygen atoms in total. The smallest absolute Gasteiger partial charge is 0.332 e.